The SMILES string of the molecule is CCCCCCC(CC)C(O)(CC)CC. The molecule has 0 heterocycles. The van der Waals surface area contributed by atoms with Crippen LogP contribution in [0.4, 0.5) is 0 Å². The summed E-state index contributed by atoms with van der Waals surface area (Å²) in [5.41, 5.74) is -0.402. The maximum atomic E-state index is 10.4. The second-order valence-corrected chi connectivity index (χ2v) is 4.77. The summed E-state index contributed by atoms with van der Waals surface area (Å²) in [5.74, 6) is 0.504. The smallest absolute Gasteiger partial charge is 0.0670 e. The molecular weight excluding hydrogens is 184 g/mol. The summed E-state index contributed by atoms with van der Waals surface area (Å²) in [6.07, 6.45) is 9.37. The molecule has 0 amide bonds. The highest BCUT2D eigenvalue weighted by atomic mass is 16.3. The van der Waals surface area contributed by atoms with Crippen LogP contribution in [0.1, 0.15) is 79.1 Å². The van der Waals surface area contributed by atoms with Crippen LogP contribution in [-0.2, 0) is 0 Å². The minimum atomic E-state index is -0.402. The van der Waals surface area contributed by atoms with E-state index < -0.39 is 5.60 Å². The molecule has 0 aliphatic heterocycles. The van der Waals surface area contributed by atoms with Crippen molar-refractivity contribution in [1.29, 1.82) is 0 Å². The van der Waals surface area contributed by atoms with Crippen molar-refractivity contribution in [2.24, 2.45) is 5.92 Å². The number of rotatable bonds is 9. The minimum absolute atomic E-state index is 0.402. The molecule has 92 valence electrons. The van der Waals surface area contributed by atoms with Crippen molar-refractivity contribution in [1.82, 2.24) is 0 Å². The molecule has 1 heteroatoms. The molecule has 0 aromatic heterocycles. The summed E-state index contributed by atoms with van der Waals surface area (Å²) in [7, 11) is 0. The predicted octanol–water partition coefficient (Wildman–Crippen LogP) is 4.53. The molecule has 0 saturated carbocycles. The number of unbranched alkanes of at least 4 members (excludes halogenated alkanes) is 3. The lowest BCUT2D eigenvalue weighted by Crippen LogP contribution is -2.36. The van der Waals surface area contributed by atoms with Gasteiger partial charge >= 0.3 is 0 Å². The van der Waals surface area contributed by atoms with Gasteiger partial charge in [0, 0.05) is 0 Å². The second-order valence-electron chi connectivity index (χ2n) is 4.77. The maximum absolute atomic E-state index is 10.4. The van der Waals surface area contributed by atoms with Gasteiger partial charge in [-0.05, 0) is 25.2 Å². The summed E-state index contributed by atoms with van der Waals surface area (Å²) >= 11 is 0. The molecule has 0 fully saturated rings. The van der Waals surface area contributed by atoms with Crippen LogP contribution in [0.3, 0.4) is 0 Å². The van der Waals surface area contributed by atoms with Gasteiger partial charge < -0.3 is 5.11 Å². The fourth-order valence-electron chi connectivity index (χ4n) is 2.50. The van der Waals surface area contributed by atoms with Crippen LogP contribution in [-0.4, -0.2) is 10.7 Å². The normalized spacial score (nSPS) is 14.2. The lowest BCUT2D eigenvalue weighted by atomic mass is 9.78. The Kier molecular flexibility index (Phi) is 8.13. The highest BCUT2D eigenvalue weighted by molar-refractivity contribution is 4.83. The highest BCUT2D eigenvalue weighted by Crippen LogP contribution is 2.31. The van der Waals surface area contributed by atoms with Crippen molar-refractivity contribution in [3.63, 3.8) is 0 Å². The topological polar surface area (TPSA) is 20.2 Å². The summed E-state index contributed by atoms with van der Waals surface area (Å²) < 4.78 is 0. The monoisotopic (exact) mass is 214 g/mol. The standard InChI is InChI=1S/C14H30O/c1-5-9-10-11-12-13(6-2)14(15,7-3)8-4/h13,15H,5-12H2,1-4H3. The maximum Gasteiger partial charge on any atom is 0.0670 e. The van der Waals surface area contributed by atoms with Crippen molar-refractivity contribution in [2.45, 2.75) is 84.7 Å². The largest absolute Gasteiger partial charge is 0.390 e. The Hall–Kier alpha value is -0.0400. The van der Waals surface area contributed by atoms with Gasteiger partial charge in [-0.3, -0.25) is 0 Å². The van der Waals surface area contributed by atoms with Crippen molar-refractivity contribution in [2.75, 3.05) is 0 Å². The van der Waals surface area contributed by atoms with E-state index in [0.29, 0.717) is 5.92 Å². The summed E-state index contributed by atoms with van der Waals surface area (Å²) in [6, 6.07) is 0. The first-order valence-corrected chi connectivity index (χ1v) is 6.86. The molecule has 0 spiro atoms. The molecule has 0 aliphatic carbocycles. The fraction of sp³-hybridized carbons (Fsp3) is 1.00. The van der Waals surface area contributed by atoms with Crippen LogP contribution in [0.25, 0.3) is 0 Å². The molecule has 0 aliphatic rings. The average Bonchev–Trinajstić information content (AvgIpc) is 2.28. The minimum Gasteiger partial charge on any atom is -0.390 e. The number of hydrogen-bond donors (Lipinski definition) is 1. The first-order chi connectivity index (χ1) is 7.14. The van der Waals surface area contributed by atoms with E-state index in [1.807, 2.05) is 0 Å². The van der Waals surface area contributed by atoms with Crippen molar-refractivity contribution in [3.05, 3.63) is 0 Å². The molecule has 1 atom stereocenters. The third-order valence-electron chi connectivity index (χ3n) is 3.88. The van der Waals surface area contributed by atoms with Gasteiger partial charge in [0.25, 0.3) is 0 Å². The first kappa shape index (κ1) is 15.0. The predicted molar refractivity (Wildman–Crippen MR) is 68.1 cm³/mol. The van der Waals surface area contributed by atoms with Crippen LogP contribution in [0.2, 0.25) is 0 Å². The van der Waals surface area contributed by atoms with Crippen molar-refractivity contribution >= 4 is 0 Å². The van der Waals surface area contributed by atoms with E-state index in [9.17, 15) is 5.11 Å². The third kappa shape index (κ3) is 5.01. The van der Waals surface area contributed by atoms with Gasteiger partial charge in [0.1, 0.15) is 0 Å². The van der Waals surface area contributed by atoms with E-state index >= 15 is 0 Å². The van der Waals surface area contributed by atoms with Gasteiger partial charge in [-0.2, -0.15) is 0 Å². The Morgan fingerprint density at radius 2 is 1.53 bits per heavy atom. The molecule has 0 aromatic carbocycles. The zero-order chi connectivity index (χ0) is 11.7. The quantitative estimate of drug-likeness (QED) is 0.559. The molecule has 0 saturated heterocycles. The number of hydrogen-bond acceptors (Lipinski definition) is 1. The Morgan fingerprint density at radius 1 is 0.933 bits per heavy atom. The van der Waals surface area contributed by atoms with Crippen LogP contribution >= 0.6 is 0 Å². The van der Waals surface area contributed by atoms with Crippen LogP contribution in [0.5, 0.6) is 0 Å². The summed E-state index contributed by atoms with van der Waals surface area (Å²) in [5, 5.41) is 10.4. The van der Waals surface area contributed by atoms with E-state index in [-0.39, 0.29) is 0 Å². The lowest BCUT2D eigenvalue weighted by Gasteiger charge is -2.34. The van der Waals surface area contributed by atoms with Gasteiger partial charge in [0.05, 0.1) is 5.60 Å². The van der Waals surface area contributed by atoms with Gasteiger partial charge in [0.15, 0.2) is 0 Å². The Balaban J connectivity index is 3.99. The fourth-order valence-corrected chi connectivity index (χ4v) is 2.50. The van der Waals surface area contributed by atoms with E-state index in [0.717, 1.165) is 19.3 Å². The molecular formula is C14H30O. The van der Waals surface area contributed by atoms with Gasteiger partial charge in [0.2, 0.25) is 0 Å². The van der Waals surface area contributed by atoms with Crippen molar-refractivity contribution < 1.29 is 5.11 Å². The molecule has 0 radical (unpaired) electrons. The van der Waals surface area contributed by atoms with E-state index in [2.05, 4.69) is 27.7 Å². The van der Waals surface area contributed by atoms with E-state index in [1.165, 1.54) is 32.1 Å². The molecule has 0 aromatic rings. The highest BCUT2D eigenvalue weighted by Gasteiger charge is 2.31. The molecule has 15 heavy (non-hydrogen) atoms. The van der Waals surface area contributed by atoms with Crippen LogP contribution in [0, 0.1) is 5.92 Å². The Labute approximate surface area is 96.3 Å². The molecule has 1 N–H and O–H groups in total. The third-order valence-corrected chi connectivity index (χ3v) is 3.88. The second kappa shape index (κ2) is 8.15. The lowest BCUT2D eigenvalue weighted by molar-refractivity contribution is -0.0315. The van der Waals surface area contributed by atoms with Gasteiger partial charge in [-0.25, -0.2) is 0 Å². The van der Waals surface area contributed by atoms with Crippen LogP contribution < -0.4 is 0 Å². The molecule has 0 bridgehead atoms. The Morgan fingerprint density at radius 3 is 1.93 bits per heavy atom. The molecule has 1 unspecified atom stereocenters. The van der Waals surface area contributed by atoms with Gasteiger partial charge in [-0.1, -0.05) is 59.8 Å². The van der Waals surface area contributed by atoms with E-state index in [4.69, 9.17) is 0 Å². The summed E-state index contributed by atoms with van der Waals surface area (Å²) in [4.78, 5) is 0. The molecule has 1 nitrogen and oxygen atoms in total. The first-order valence-electron chi connectivity index (χ1n) is 6.86. The number of aliphatic hydroxyl groups is 1. The average molecular weight is 214 g/mol. The zero-order valence-electron chi connectivity index (χ0n) is 11.2. The zero-order valence-corrected chi connectivity index (χ0v) is 11.2. The van der Waals surface area contributed by atoms with Crippen molar-refractivity contribution in [3.8, 4) is 0 Å². The van der Waals surface area contributed by atoms with E-state index in [1.54, 1.807) is 0 Å². The van der Waals surface area contributed by atoms with Crippen LogP contribution in [0.15, 0.2) is 0 Å². The Bertz CT molecular complexity index is 138. The van der Waals surface area contributed by atoms with Gasteiger partial charge in [-0.15, -0.1) is 0 Å². The summed E-state index contributed by atoms with van der Waals surface area (Å²) in [6.45, 7) is 8.67. The molecule has 0 rings (SSSR count).